The average Bonchev–Trinajstić information content (AvgIpc) is 3.13. The van der Waals surface area contributed by atoms with Crippen LogP contribution < -0.4 is 10.9 Å². The van der Waals surface area contributed by atoms with Gasteiger partial charge < -0.3 is 0 Å². The summed E-state index contributed by atoms with van der Waals surface area (Å²) >= 11 is 11.8. The highest BCUT2D eigenvalue weighted by Crippen LogP contribution is 2.21. The SMILES string of the molecule is O=C(Cc1ccc(Cl)cc1Cl)NNC(=O)c1cc(-c2ccccc2)n[nH]1. The Bertz CT molecular complexity index is 941. The van der Waals surface area contributed by atoms with E-state index < -0.39 is 11.8 Å². The van der Waals surface area contributed by atoms with Crippen LogP contribution in [0.1, 0.15) is 16.1 Å². The molecular weight excluding hydrogens is 375 g/mol. The number of hydrazine groups is 1. The van der Waals surface area contributed by atoms with Gasteiger partial charge in [0.25, 0.3) is 5.91 Å². The Morgan fingerprint density at radius 3 is 2.50 bits per heavy atom. The van der Waals surface area contributed by atoms with Crippen molar-refractivity contribution in [3.63, 3.8) is 0 Å². The van der Waals surface area contributed by atoms with Crippen LogP contribution >= 0.6 is 23.2 Å². The van der Waals surface area contributed by atoms with Crippen LogP contribution in [-0.2, 0) is 11.2 Å². The van der Waals surface area contributed by atoms with Gasteiger partial charge in [0.15, 0.2) is 0 Å². The van der Waals surface area contributed by atoms with Gasteiger partial charge >= 0.3 is 0 Å². The van der Waals surface area contributed by atoms with E-state index in [4.69, 9.17) is 23.2 Å². The summed E-state index contributed by atoms with van der Waals surface area (Å²) in [4.78, 5) is 24.1. The van der Waals surface area contributed by atoms with Gasteiger partial charge in [0.05, 0.1) is 12.1 Å². The highest BCUT2D eigenvalue weighted by Gasteiger charge is 2.13. The van der Waals surface area contributed by atoms with Crippen LogP contribution in [0, 0.1) is 0 Å². The lowest BCUT2D eigenvalue weighted by molar-refractivity contribution is -0.121. The van der Waals surface area contributed by atoms with Crippen molar-refractivity contribution in [1.29, 1.82) is 0 Å². The monoisotopic (exact) mass is 388 g/mol. The Hall–Kier alpha value is -2.83. The zero-order chi connectivity index (χ0) is 18.5. The zero-order valence-corrected chi connectivity index (χ0v) is 14.9. The van der Waals surface area contributed by atoms with E-state index in [1.807, 2.05) is 30.3 Å². The topological polar surface area (TPSA) is 86.9 Å². The average molecular weight is 389 g/mol. The van der Waals surface area contributed by atoms with Gasteiger partial charge in [0.1, 0.15) is 5.69 Å². The minimum atomic E-state index is -0.504. The van der Waals surface area contributed by atoms with Crippen molar-refractivity contribution in [2.75, 3.05) is 0 Å². The maximum atomic E-state index is 12.1. The lowest BCUT2D eigenvalue weighted by atomic mass is 10.1. The molecule has 0 spiro atoms. The number of aromatic nitrogens is 2. The predicted octanol–water partition coefficient (Wildman–Crippen LogP) is 3.39. The third-order valence-corrected chi connectivity index (χ3v) is 4.16. The lowest BCUT2D eigenvalue weighted by Crippen LogP contribution is -2.42. The fraction of sp³-hybridized carbons (Fsp3) is 0.0556. The number of benzene rings is 2. The maximum absolute atomic E-state index is 12.1. The van der Waals surface area contributed by atoms with Crippen LogP contribution in [0.15, 0.2) is 54.6 Å². The molecule has 26 heavy (non-hydrogen) atoms. The van der Waals surface area contributed by atoms with E-state index in [0.29, 0.717) is 21.3 Å². The van der Waals surface area contributed by atoms with Crippen LogP contribution in [0.3, 0.4) is 0 Å². The van der Waals surface area contributed by atoms with Crippen LogP contribution in [0.4, 0.5) is 0 Å². The molecule has 1 heterocycles. The van der Waals surface area contributed by atoms with E-state index in [1.165, 1.54) is 0 Å². The van der Waals surface area contributed by atoms with Gasteiger partial charge in [-0.25, -0.2) is 0 Å². The van der Waals surface area contributed by atoms with Gasteiger partial charge in [-0.1, -0.05) is 59.6 Å². The first-order valence-electron chi connectivity index (χ1n) is 7.67. The van der Waals surface area contributed by atoms with Crippen LogP contribution in [0.5, 0.6) is 0 Å². The molecule has 0 aliphatic rings. The molecule has 0 aliphatic carbocycles. The molecule has 0 bridgehead atoms. The number of nitrogens with zero attached hydrogens (tertiary/aromatic N) is 1. The molecule has 0 radical (unpaired) electrons. The quantitative estimate of drug-likeness (QED) is 0.598. The fourth-order valence-electron chi connectivity index (χ4n) is 2.27. The second-order valence-electron chi connectivity index (χ2n) is 5.45. The lowest BCUT2D eigenvalue weighted by Gasteiger charge is -2.07. The Labute approximate surface area is 159 Å². The van der Waals surface area contributed by atoms with Crippen LogP contribution in [0.2, 0.25) is 10.0 Å². The van der Waals surface area contributed by atoms with Crippen molar-refractivity contribution < 1.29 is 9.59 Å². The molecule has 1 aromatic heterocycles. The van der Waals surface area contributed by atoms with Gasteiger partial charge in [-0.3, -0.25) is 25.5 Å². The van der Waals surface area contributed by atoms with Gasteiger partial charge in [0, 0.05) is 15.6 Å². The molecule has 0 aliphatic heterocycles. The predicted molar refractivity (Wildman–Crippen MR) is 99.8 cm³/mol. The van der Waals surface area contributed by atoms with Crippen molar-refractivity contribution >= 4 is 35.0 Å². The second-order valence-corrected chi connectivity index (χ2v) is 6.29. The molecule has 132 valence electrons. The van der Waals surface area contributed by atoms with E-state index in [2.05, 4.69) is 21.0 Å². The number of carbonyl (C=O) groups excluding carboxylic acids is 2. The van der Waals surface area contributed by atoms with Crippen LogP contribution in [-0.4, -0.2) is 22.0 Å². The summed E-state index contributed by atoms with van der Waals surface area (Å²) in [6.45, 7) is 0. The van der Waals surface area contributed by atoms with Crippen molar-refractivity contribution in [3.8, 4) is 11.3 Å². The van der Waals surface area contributed by atoms with Gasteiger partial charge in [0.2, 0.25) is 5.91 Å². The number of halogens is 2. The second kappa shape index (κ2) is 8.03. The minimum absolute atomic E-state index is 0.00846. The Kier molecular flexibility index (Phi) is 5.55. The summed E-state index contributed by atoms with van der Waals surface area (Å²) in [5, 5.41) is 7.61. The number of rotatable bonds is 4. The van der Waals surface area contributed by atoms with Crippen molar-refractivity contribution in [3.05, 3.63) is 75.9 Å². The number of hydrogen-bond acceptors (Lipinski definition) is 3. The molecule has 6 nitrogen and oxygen atoms in total. The minimum Gasteiger partial charge on any atom is -0.273 e. The highest BCUT2D eigenvalue weighted by atomic mass is 35.5. The van der Waals surface area contributed by atoms with Crippen LogP contribution in [0.25, 0.3) is 11.3 Å². The normalized spacial score (nSPS) is 10.4. The summed E-state index contributed by atoms with van der Waals surface area (Å²) in [7, 11) is 0. The van der Waals surface area contributed by atoms with Gasteiger partial charge in [-0.15, -0.1) is 0 Å². The molecule has 8 heteroatoms. The summed E-state index contributed by atoms with van der Waals surface area (Å²) in [5.74, 6) is -0.916. The number of nitrogens with one attached hydrogen (secondary N) is 3. The molecular formula is C18H14Cl2N4O2. The zero-order valence-electron chi connectivity index (χ0n) is 13.4. The fourth-order valence-corrected chi connectivity index (χ4v) is 2.75. The molecule has 0 fully saturated rings. The number of aromatic amines is 1. The Morgan fingerprint density at radius 2 is 1.77 bits per heavy atom. The summed E-state index contributed by atoms with van der Waals surface area (Å²) in [6.07, 6.45) is 0.00846. The molecule has 3 N–H and O–H groups in total. The van der Waals surface area contributed by atoms with Crippen molar-refractivity contribution in [2.24, 2.45) is 0 Å². The highest BCUT2D eigenvalue weighted by molar-refractivity contribution is 6.35. The third kappa shape index (κ3) is 4.41. The molecule has 0 saturated carbocycles. The van der Waals surface area contributed by atoms with Crippen molar-refractivity contribution in [1.82, 2.24) is 21.0 Å². The molecule has 0 saturated heterocycles. The first kappa shape index (κ1) is 18.0. The van der Waals surface area contributed by atoms with E-state index in [9.17, 15) is 9.59 Å². The Balaban J connectivity index is 1.57. The van der Waals surface area contributed by atoms with Gasteiger partial charge in [-0.2, -0.15) is 5.10 Å². The number of hydrogen-bond donors (Lipinski definition) is 3. The molecule has 0 unspecified atom stereocenters. The van der Waals surface area contributed by atoms with E-state index >= 15 is 0 Å². The first-order valence-corrected chi connectivity index (χ1v) is 8.42. The smallest absolute Gasteiger partial charge is 0.273 e. The molecule has 2 aromatic carbocycles. The largest absolute Gasteiger partial charge is 0.287 e. The molecule has 3 aromatic rings. The first-order chi connectivity index (χ1) is 12.5. The van der Waals surface area contributed by atoms with Gasteiger partial charge in [-0.05, 0) is 23.8 Å². The maximum Gasteiger partial charge on any atom is 0.287 e. The number of H-pyrrole nitrogens is 1. The van der Waals surface area contributed by atoms with E-state index in [1.54, 1.807) is 24.3 Å². The summed E-state index contributed by atoms with van der Waals surface area (Å²) in [5.41, 5.74) is 7.03. The third-order valence-electron chi connectivity index (χ3n) is 3.57. The number of carbonyl (C=O) groups is 2. The van der Waals surface area contributed by atoms with E-state index in [-0.39, 0.29) is 12.1 Å². The van der Waals surface area contributed by atoms with E-state index in [0.717, 1.165) is 5.56 Å². The summed E-state index contributed by atoms with van der Waals surface area (Å²) in [6, 6.07) is 15.9. The molecule has 3 rings (SSSR count). The van der Waals surface area contributed by atoms with Crippen molar-refractivity contribution in [2.45, 2.75) is 6.42 Å². The Morgan fingerprint density at radius 1 is 1.00 bits per heavy atom. The molecule has 2 amide bonds. The molecule has 0 atom stereocenters. The standard InChI is InChI=1S/C18H14Cl2N4O2/c19-13-7-6-12(14(20)9-13)8-17(25)23-24-18(26)16-10-15(21-22-16)11-4-2-1-3-5-11/h1-7,9-10H,8H2,(H,21,22)(H,23,25)(H,24,26). The number of amides is 2. The summed E-state index contributed by atoms with van der Waals surface area (Å²) < 4.78 is 0.